The smallest absolute Gasteiger partial charge is 0.0944 e. The van der Waals surface area contributed by atoms with Gasteiger partial charge in [-0.2, -0.15) is 0 Å². The number of aromatic amines is 1. The van der Waals surface area contributed by atoms with Gasteiger partial charge in [0, 0.05) is 11.1 Å². The monoisotopic (exact) mass is 126 g/mol. The van der Waals surface area contributed by atoms with Gasteiger partial charge in [-0.3, -0.25) is 0 Å². The molecule has 0 atom stereocenters. The summed E-state index contributed by atoms with van der Waals surface area (Å²) in [7, 11) is 0. The molecule has 1 aromatic heterocycles. The molecular weight excluding hydrogens is 120 g/mol. The number of thiocarbonyl (C=S) groups is 1. The number of nitrogens with one attached hydrogen (secondary N) is 1. The molecule has 8 heavy (non-hydrogen) atoms. The minimum Gasteiger partial charge on any atom is -0.348 e. The Bertz CT molecular complexity index is 192. The fourth-order valence-corrected chi connectivity index (χ4v) is 0.726. The molecule has 0 aliphatic heterocycles. The Morgan fingerprint density at radius 1 is 1.88 bits per heavy atom. The van der Waals surface area contributed by atoms with Gasteiger partial charge in [0.1, 0.15) is 0 Å². The van der Waals surface area contributed by atoms with Crippen molar-refractivity contribution < 1.29 is 0 Å². The molecule has 0 aliphatic rings. The molecule has 0 saturated heterocycles. The second-order valence-electron chi connectivity index (χ2n) is 1.53. The van der Waals surface area contributed by atoms with Gasteiger partial charge in [0.15, 0.2) is 0 Å². The van der Waals surface area contributed by atoms with Gasteiger partial charge in [0.25, 0.3) is 0 Å². The summed E-state index contributed by atoms with van der Waals surface area (Å²) in [4.78, 5) is 6.83. The normalized spacial score (nSPS) is 9.12. The largest absolute Gasteiger partial charge is 0.348 e. The van der Waals surface area contributed by atoms with Crippen LogP contribution in [-0.4, -0.2) is 15.3 Å². The van der Waals surface area contributed by atoms with Gasteiger partial charge >= 0.3 is 0 Å². The molecule has 0 amide bonds. The van der Waals surface area contributed by atoms with Crippen LogP contribution in [0, 0.1) is 6.92 Å². The summed E-state index contributed by atoms with van der Waals surface area (Å²) < 4.78 is 0. The molecule has 1 heterocycles. The van der Waals surface area contributed by atoms with Crippen molar-refractivity contribution in [2.45, 2.75) is 6.92 Å². The van der Waals surface area contributed by atoms with Crippen LogP contribution in [0.25, 0.3) is 0 Å². The number of rotatable bonds is 1. The lowest BCUT2D eigenvalue weighted by molar-refractivity contribution is 1.25. The quantitative estimate of drug-likeness (QED) is 0.570. The number of imidazole rings is 1. The number of nitrogens with zero attached hydrogens (tertiary/aromatic N) is 1. The minimum absolute atomic E-state index is 0.861. The molecule has 0 aromatic carbocycles. The van der Waals surface area contributed by atoms with Crippen molar-refractivity contribution in [2.24, 2.45) is 0 Å². The highest BCUT2D eigenvalue weighted by molar-refractivity contribution is 7.79. The van der Waals surface area contributed by atoms with E-state index in [-0.39, 0.29) is 0 Å². The van der Waals surface area contributed by atoms with E-state index in [4.69, 9.17) is 0 Å². The summed E-state index contributed by atoms with van der Waals surface area (Å²) in [5, 5.41) is 1.56. The number of hydrogen-bond acceptors (Lipinski definition) is 2. The van der Waals surface area contributed by atoms with Crippen molar-refractivity contribution in [2.75, 3.05) is 0 Å². The lowest BCUT2D eigenvalue weighted by Gasteiger charge is -1.80. The van der Waals surface area contributed by atoms with Crippen LogP contribution >= 0.6 is 12.2 Å². The Kier molecular flexibility index (Phi) is 1.39. The van der Waals surface area contributed by atoms with Gasteiger partial charge in [-0.15, -0.1) is 0 Å². The zero-order chi connectivity index (χ0) is 5.98. The third-order valence-corrected chi connectivity index (χ3v) is 1.20. The Labute approximate surface area is 52.9 Å². The second kappa shape index (κ2) is 2.05. The molecule has 0 spiro atoms. The highest BCUT2D eigenvalue weighted by Crippen LogP contribution is 1.94. The topological polar surface area (TPSA) is 28.7 Å². The van der Waals surface area contributed by atoms with E-state index in [1.54, 1.807) is 11.7 Å². The number of H-pyrrole nitrogens is 1. The first-order valence-electron chi connectivity index (χ1n) is 2.29. The van der Waals surface area contributed by atoms with Crippen LogP contribution < -0.4 is 0 Å². The SMILES string of the molecule is Cc1[nH]cnc1C=S. The van der Waals surface area contributed by atoms with Crippen LogP contribution in [-0.2, 0) is 0 Å². The molecule has 0 unspecified atom stereocenters. The molecule has 1 rings (SSSR count). The van der Waals surface area contributed by atoms with E-state index in [2.05, 4.69) is 22.2 Å². The van der Waals surface area contributed by atoms with Crippen molar-refractivity contribution in [3.8, 4) is 0 Å². The summed E-state index contributed by atoms with van der Waals surface area (Å²) in [5.41, 5.74) is 1.89. The predicted molar refractivity (Wildman–Crippen MR) is 36.1 cm³/mol. The number of aromatic nitrogens is 2. The lowest BCUT2D eigenvalue weighted by atomic mass is 10.4. The van der Waals surface area contributed by atoms with Crippen LogP contribution in [0.3, 0.4) is 0 Å². The average Bonchev–Trinajstić information content (AvgIpc) is 2.14. The van der Waals surface area contributed by atoms with E-state index >= 15 is 0 Å². The van der Waals surface area contributed by atoms with Gasteiger partial charge in [0.05, 0.1) is 12.0 Å². The molecule has 0 radical (unpaired) electrons. The molecule has 1 N–H and O–H groups in total. The number of aryl methyl sites for hydroxylation is 1. The summed E-state index contributed by atoms with van der Waals surface area (Å²) in [5.74, 6) is 0. The van der Waals surface area contributed by atoms with Gasteiger partial charge in [-0.1, -0.05) is 12.2 Å². The second-order valence-corrected chi connectivity index (χ2v) is 1.77. The number of hydrogen-bond donors (Lipinski definition) is 1. The third kappa shape index (κ3) is 0.767. The average molecular weight is 126 g/mol. The van der Waals surface area contributed by atoms with E-state index in [9.17, 15) is 0 Å². The minimum atomic E-state index is 0.861. The van der Waals surface area contributed by atoms with Crippen molar-refractivity contribution in [1.82, 2.24) is 9.97 Å². The van der Waals surface area contributed by atoms with Crippen LogP contribution in [0.4, 0.5) is 0 Å². The molecular formula is C5H6N2S. The Hall–Kier alpha value is -0.700. The van der Waals surface area contributed by atoms with Crippen molar-refractivity contribution in [3.05, 3.63) is 17.7 Å². The van der Waals surface area contributed by atoms with Gasteiger partial charge in [0.2, 0.25) is 0 Å². The van der Waals surface area contributed by atoms with Gasteiger partial charge < -0.3 is 4.98 Å². The predicted octanol–water partition coefficient (Wildman–Crippen LogP) is 1.07. The standard InChI is InChI=1S/C5H6N2S/c1-4-5(2-8)7-3-6-4/h2-3H,1H3,(H,6,7). The summed E-state index contributed by atoms with van der Waals surface area (Å²) in [6, 6.07) is 0. The molecule has 0 saturated carbocycles. The Balaban J connectivity index is 3.09. The highest BCUT2D eigenvalue weighted by atomic mass is 32.1. The molecule has 2 nitrogen and oxygen atoms in total. The van der Waals surface area contributed by atoms with Crippen LogP contribution in [0.2, 0.25) is 0 Å². The molecule has 0 bridgehead atoms. The third-order valence-electron chi connectivity index (χ3n) is 0.981. The molecule has 3 heteroatoms. The van der Waals surface area contributed by atoms with Crippen molar-refractivity contribution in [3.63, 3.8) is 0 Å². The Morgan fingerprint density at radius 3 is 2.88 bits per heavy atom. The lowest BCUT2D eigenvalue weighted by Crippen LogP contribution is -1.79. The van der Waals surface area contributed by atoms with E-state index in [1.165, 1.54) is 0 Å². The molecule has 0 aliphatic carbocycles. The van der Waals surface area contributed by atoms with E-state index in [1.807, 2.05) is 6.92 Å². The maximum Gasteiger partial charge on any atom is 0.0944 e. The first kappa shape index (κ1) is 5.44. The summed E-state index contributed by atoms with van der Waals surface area (Å²) in [6.07, 6.45) is 1.63. The zero-order valence-corrected chi connectivity index (χ0v) is 5.33. The van der Waals surface area contributed by atoms with E-state index in [0.29, 0.717) is 0 Å². The Morgan fingerprint density at radius 2 is 2.62 bits per heavy atom. The fourth-order valence-electron chi connectivity index (χ4n) is 0.488. The maximum absolute atomic E-state index is 4.65. The molecule has 1 aromatic rings. The fraction of sp³-hybridized carbons (Fsp3) is 0.200. The maximum atomic E-state index is 4.65. The van der Waals surface area contributed by atoms with Gasteiger partial charge in [-0.05, 0) is 6.92 Å². The van der Waals surface area contributed by atoms with E-state index in [0.717, 1.165) is 11.4 Å². The van der Waals surface area contributed by atoms with Crippen LogP contribution in [0.1, 0.15) is 11.4 Å². The zero-order valence-electron chi connectivity index (χ0n) is 4.51. The van der Waals surface area contributed by atoms with E-state index < -0.39 is 0 Å². The van der Waals surface area contributed by atoms with Gasteiger partial charge in [-0.25, -0.2) is 4.98 Å². The van der Waals surface area contributed by atoms with Crippen LogP contribution in [0.15, 0.2) is 6.33 Å². The summed E-state index contributed by atoms with van der Waals surface area (Å²) in [6.45, 7) is 1.94. The first-order chi connectivity index (χ1) is 3.84. The molecule has 0 fully saturated rings. The molecule has 42 valence electrons. The van der Waals surface area contributed by atoms with Crippen molar-refractivity contribution in [1.29, 1.82) is 0 Å². The highest BCUT2D eigenvalue weighted by Gasteiger charge is 1.91. The first-order valence-corrected chi connectivity index (χ1v) is 2.77. The van der Waals surface area contributed by atoms with Crippen molar-refractivity contribution >= 4 is 17.6 Å². The summed E-state index contributed by atoms with van der Waals surface area (Å²) >= 11 is 4.65. The van der Waals surface area contributed by atoms with Crippen LogP contribution in [0.5, 0.6) is 0 Å².